The molecular weight excluding hydrogens is 186 g/mol. The van der Waals surface area contributed by atoms with Crippen molar-refractivity contribution in [1.29, 1.82) is 0 Å². The van der Waals surface area contributed by atoms with E-state index in [4.69, 9.17) is 5.73 Å². The zero-order valence-electron chi connectivity index (χ0n) is 10.3. The van der Waals surface area contributed by atoms with E-state index in [1.54, 1.807) is 0 Å². The predicted molar refractivity (Wildman–Crippen MR) is 64.7 cm³/mol. The fourth-order valence-electron chi connectivity index (χ4n) is 2.83. The molecule has 15 heavy (non-hydrogen) atoms. The molecule has 0 spiro atoms. The van der Waals surface area contributed by atoms with Gasteiger partial charge >= 0.3 is 0 Å². The maximum absolute atomic E-state index is 10.5. The number of hydrogen-bond acceptors (Lipinski definition) is 2. The van der Waals surface area contributed by atoms with Crippen molar-refractivity contribution in [1.82, 2.24) is 0 Å². The average Bonchev–Trinajstić information content (AvgIpc) is 2.42. The zero-order chi connectivity index (χ0) is 11.3. The van der Waals surface area contributed by atoms with Crippen molar-refractivity contribution in [3.05, 3.63) is 0 Å². The molecule has 1 aliphatic carbocycles. The minimum absolute atomic E-state index is 0.248. The molecule has 0 aromatic carbocycles. The zero-order valence-corrected chi connectivity index (χ0v) is 10.3. The Labute approximate surface area is 94.2 Å². The first kappa shape index (κ1) is 13.0. The van der Waals surface area contributed by atoms with Crippen molar-refractivity contribution < 1.29 is 5.11 Å². The van der Waals surface area contributed by atoms with Gasteiger partial charge < -0.3 is 10.8 Å². The molecule has 0 aromatic rings. The summed E-state index contributed by atoms with van der Waals surface area (Å²) in [4.78, 5) is 0. The molecule has 1 fully saturated rings. The van der Waals surface area contributed by atoms with Gasteiger partial charge in [-0.1, -0.05) is 39.5 Å². The van der Waals surface area contributed by atoms with Crippen molar-refractivity contribution in [3.63, 3.8) is 0 Å². The fraction of sp³-hybridized carbons (Fsp3) is 1.00. The molecule has 2 heteroatoms. The third-order valence-corrected chi connectivity index (χ3v) is 4.18. The summed E-state index contributed by atoms with van der Waals surface area (Å²) in [6.45, 7) is 4.94. The highest BCUT2D eigenvalue weighted by molar-refractivity contribution is 4.87. The van der Waals surface area contributed by atoms with Gasteiger partial charge in [-0.15, -0.1) is 0 Å². The van der Waals surface area contributed by atoms with Crippen molar-refractivity contribution in [3.8, 4) is 0 Å². The van der Waals surface area contributed by atoms with Crippen LogP contribution in [0, 0.1) is 11.8 Å². The Morgan fingerprint density at radius 1 is 1.40 bits per heavy atom. The Kier molecular flexibility index (Phi) is 5.07. The van der Waals surface area contributed by atoms with E-state index in [1.807, 2.05) is 0 Å². The van der Waals surface area contributed by atoms with Crippen LogP contribution in [-0.4, -0.2) is 17.3 Å². The molecule has 0 radical (unpaired) electrons. The van der Waals surface area contributed by atoms with Crippen molar-refractivity contribution >= 4 is 0 Å². The standard InChI is InChI=1S/C13H27NO/c1-3-5-12-6-4-8-13(15,9-7-12)11(2)10-14/h11-12,15H,3-10,14H2,1-2H3. The van der Waals surface area contributed by atoms with E-state index in [0.717, 1.165) is 18.8 Å². The second-order valence-electron chi connectivity index (χ2n) is 5.33. The van der Waals surface area contributed by atoms with Crippen LogP contribution in [0.2, 0.25) is 0 Å². The summed E-state index contributed by atoms with van der Waals surface area (Å²) in [7, 11) is 0. The van der Waals surface area contributed by atoms with Gasteiger partial charge in [-0.25, -0.2) is 0 Å². The quantitative estimate of drug-likeness (QED) is 0.705. The van der Waals surface area contributed by atoms with Crippen LogP contribution >= 0.6 is 0 Å². The van der Waals surface area contributed by atoms with Gasteiger partial charge in [-0.2, -0.15) is 0 Å². The maximum Gasteiger partial charge on any atom is 0.0685 e. The minimum atomic E-state index is -0.475. The summed E-state index contributed by atoms with van der Waals surface area (Å²) in [5.41, 5.74) is 5.20. The number of nitrogens with two attached hydrogens (primary N) is 1. The van der Waals surface area contributed by atoms with Crippen LogP contribution < -0.4 is 5.73 Å². The molecule has 1 rings (SSSR count). The molecule has 1 saturated carbocycles. The van der Waals surface area contributed by atoms with Crippen LogP contribution in [0.1, 0.15) is 58.8 Å². The maximum atomic E-state index is 10.5. The summed E-state index contributed by atoms with van der Waals surface area (Å²) in [6.07, 6.45) is 8.16. The predicted octanol–water partition coefficient (Wildman–Crippen LogP) is 2.69. The molecule has 0 saturated heterocycles. The van der Waals surface area contributed by atoms with Crippen molar-refractivity contribution in [2.45, 2.75) is 64.4 Å². The summed E-state index contributed by atoms with van der Waals surface area (Å²) >= 11 is 0. The fourth-order valence-corrected chi connectivity index (χ4v) is 2.83. The second-order valence-corrected chi connectivity index (χ2v) is 5.33. The van der Waals surface area contributed by atoms with Gasteiger partial charge in [0.05, 0.1) is 5.60 Å². The molecule has 0 aliphatic heterocycles. The Morgan fingerprint density at radius 3 is 2.73 bits per heavy atom. The summed E-state index contributed by atoms with van der Waals surface area (Å²) in [5, 5.41) is 10.5. The van der Waals surface area contributed by atoms with E-state index in [1.165, 1.54) is 32.1 Å². The topological polar surface area (TPSA) is 46.2 Å². The lowest BCUT2D eigenvalue weighted by atomic mass is 9.82. The van der Waals surface area contributed by atoms with Gasteiger partial charge in [0.15, 0.2) is 0 Å². The highest BCUT2D eigenvalue weighted by Gasteiger charge is 2.34. The first-order valence-corrected chi connectivity index (χ1v) is 6.55. The Bertz CT molecular complexity index is 183. The van der Waals surface area contributed by atoms with E-state index in [0.29, 0.717) is 6.54 Å². The summed E-state index contributed by atoms with van der Waals surface area (Å²) in [5.74, 6) is 1.09. The molecular formula is C13H27NO. The molecule has 90 valence electrons. The van der Waals surface area contributed by atoms with Gasteiger partial charge in [-0.3, -0.25) is 0 Å². The lowest BCUT2D eigenvalue weighted by Gasteiger charge is -2.32. The Hall–Kier alpha value is -0.0800. The Balaban J connectivity index is 2.50. The SMILES string of the molecule is CCCC1CCCC(O)(C(C)CN)CC1. The molecule has 0 amide bonds. The molecule has 3 unspecified atom stereocenters. The van der Waals surface area contributed by atoms with Crippen LogP contribution in [0.15, 0.2) is 0 Å². The third kappa shape index (κ3) is 3.46. The smallest absolute Gasteiger partial charge is 0.0685 e. The highest BCUT2D eigenvalue weighted by Crippen LogP contribution is 2.36. The summed E-state index contributed by atoms with van der Waals surface area (Å²) in [6, 6.07) is 0. The van der Waals surface area contributed by atoms with E-state index in [9.17, 15) is 5.11 Å². The van der Waals surface area contributed by atoms with Gasteiger partial charge in [0.25, 0.3) is 0 Å². The van der Waals surface area contributed by atoms with E-state index in [2.05, 4.69) is 13.8 Å². The van der Waals surface area contributed by atoms with Crippen LogP contribution in [0.4, 0.5) is 0 Å². The first-order chi connectivity index (χ1) is 7.12. The molecule has 3 N–H and O–H groups in total. The number of aliphatic hydroxyl groups is 1. The lowest BCUT2D eigenvalue weighted by Crippen LogP contribution is -2.39. The van der Waals surface area contributed by atoms with Crippen LogP contribution in [0.25, 0.3) is 0 Å². The second kappa shape index (κ2) is 5.86. The van der Waals surface area contributed by atoms with Crippen molar-refractivity contribution in [2.24, 2.45) is 17.6 Å². The monoisotopic (exact) mass is 213 g/mol. The van der Waals surface area contributed by atoms with Gasteiger partial charge in [0.1, 0.15) is 0 Å². The molecule has 3 atom stereocenters. The van der Waals surface area contributed by atoms with E-state index < -0.39 is 5.60 Å². The third-order valence-electron chi connectivity index (χ3n) is 4.18. The largest absolute Gasteiger partial charge is 0.390 e. The minimum Gasteiger partial charge on any atom is -0.390 e. The molecule has 2 nitrogen and oxygen atoms in total. The molecule has 0 heterocycles. The molecule has 1 aliphatic rings. The highest BCUT2D eigenvalue weighted by atomic mass is 16.3. The number of rotatable bonds is 4. The van der Waals surface area contributed by atoms with Crippen LogP contribution in [0.3, 0.4) is 0 Å². The van der Waals surface area contributed by atoms with E-state index >= 15 is 0 Å². The van der Waals surface area contributed by atoms with E-state index in [-0.39, 0.29) is 5.92 Å². The first-order valence-electron chi connectivity index (χ1n) is 6.55. The lowest BCUT2D eigenvalue weighted by molar-refractivity contribution is -0.0230. The molecule has 0 aromatic heterocycles. The summed E-state index contributed by atoms with van der Waals surface area (Å²) < 4.78 is 0. The van der Waals surface area contributed by atoms with Gasteiger partial charge in [0, 0.05) is 0 Å². The number of hydrogen-bond donors (Lipinski definition) is 2. The average molecular weight is 213 g/mol. The van der Waals surface area contributed by atoms with Gasteiger partial charge in [-0.05, 0) is 37.6 Å². The van der Waals surface area contributed by atoms with Crippen LogP contribution in [0.5, 0.6) is 0 Å². The van der Waals surface area contributed by atoms with Crippen LogP contribution in [-0.2, 0) is 0 Å². The van der Waals surface area contributed by atoms with Crippen molar-refractivity contribution in [2.75, 3.05) is 6.54 Å². The molecule has 0 bridgehead atoms. The Morgan fingerprint density at radius 2 is 2.13 bits per heavy atom. The normalized spacial score (nSPS) is 34.8. The van der Waals surface area contributed by atoms with Gasteiger partial charge in [0.2, 0.25) is 0 Å².